The summed E-state index contributed by atoms with van der Waals surface area (Å²) in [5.41, 5.74) is 4.58. The second kappa shape index (κ2) is 9.76. The highest BCUT2D eigenvalue weighted by molar-refractivity contribution is 5.94. The molecule has 8 nitrogen and oxygen atoms in total. The molecule has 3 heterocycles. The Balaban J connectivity index is 1.48. The third-order valence-corrected chi connectivity index (χ3v) is 6.79. The van der Waals surface area contributed by atoms with Crippen LogP contribution in [0, 0.1) is 0 Å². The first-order valence-electron chi connectivity index (χ1n) is 12.5. The highest BCUT2D eigenvalue weighted by Crippen LogP contribution is 2.30. The molecule has 0 radical (unpaired) electrons. The van der Waals surface area contributed by atoms with E-state index in [4.69, 9.17) is 19.6 Å². The van der Waals surface area contributed by atoms with E-state index in [2.05, 4.69) is 31.7 Å². The predicted molar refractivity (Wildman–Crippen MR) is 145 cm³/mol. The molecule has 1 amide bonds. The lowest BCUT2D eigenvalue weighted by atomic mass is 9.93. The lowest BCUT2D eigenvalue weighted by Crippen LogP contribution is -2.49. The zero-order valence-corrected chi connectivity index (χ0v) is 22.1. The zero-order valence-electron chi connectivity index (χ0n) is 22.1. The summed E-state index contributed by atoms with van der Waals surface area (Å²) in [5, 5.41) is 4.81. The van der Waals surface area contributed by atoms with Crippen molar-refractivity contribution in [1.82, 2.24) is 19.5 Å². The molecule has 1 aliphatic rings. The molecule has 0 unspecified atom stereocenters. The van der Waals surface area contributed by atoms with E-state index in [0.717, 1.165) is 47.2 Å². The molecule has 8 heteroatoms. The Morgan fingerprint density at radius 1 is 0.892 bits per heavy atom. The van der Waals surface area contributed by atoms with Gasteiger partial charge < -0.3 is 19.3 Å². The van der Waals surface area contributed by atoms with E-state index in [1.54, 1.807) is 18.7 Å². The Bertz CT molecular complexity index is 1410. The summed E-state index contributed by atoms with van der Waals surface area (Å²) in [6.07, 6.45) is 0. The van der Waals surface area contributed by atoms with Crippen LogP contribution in [0.2, 0.25) is 0 Å². The van der Waals surface area contributed by atoms with E-state index < -0.39 is 0 Å². The maximum Gasteiger partial charge on any atom is 0.272 e. The van der Waals surface area contributed by atoms with E-state index in [1.807, 2.05) is 59.5 Å². The number of anilines is 1. The number of fused-ring (bicyclic) bond motifs is 1. The van der Waals surface area contributed by atoms with Crippen LogP contribution in [0.15, 0.2) is 60.7 Å². The molecular formula is C29H33N5O3. The van der Waals surface area contributed by atoms with Gasteiger partial charge >= 0.3 is 0 Å². The summed E-state index contributed by atoms with van der Waals surface area (Å²) in [5.74, 6) is 1.56. The standard InChI is InChI=1S/C29H33N5O3/c1-29(2,3)26-19-27-30-22(20-10-12-21(36-4)13-11-20)18-24(34(27)31-26)28(35)33-16-14-32(15-17-33)23-8-6-7-9-25(23)37-5/h6-13,18-19H,14-17H2,1-5H3. The van der Waals surface area contributed by atoms with Crippen molar-refractivity contribution in [2.45, 2.75) is 26.2 Å². The maximum absolute atomic E-state index is 13.9. The summed E-state index contributed by atoms with van der Waals surface area (Å²) in [7, 11) is 3.33. The van der Waals surface area contributed by atoms with Gasteiger partial charge in [-0.1, -0.05) is 32.9 Å². The summed E-state index contributed by atoms with van der Waals surface area (Å²) >= 11 is 0. The zero-order chi connectivity index (χ0) is 26.2. The number of benzene rings is 2. The normalized spacial score (nSPS) is 14.2. The predicted octanol–water partition coefficient (Wildman–Crippen LogP) is 4.67. The fraction of sp³-hybridized carbons (Fsp3) is 0.345. The van der Waals surface area contributed by atoms with Gasteiger partial charge in [0.2, 0.25) is 0 Å². The molecule has 0 spiro atoms. The Kier molecular flexibility index (Phi) is 6.50. The molecule has 1 fully saturated rings. The number of piperazine rings is 1. The number of ether oxygens (including phenoxy) is 2. The summed E-state index contributed by atoms with van der Waals surface area (Å²) in [6, 6.07) is 19.5. The number of nitrogens with zero attached hydrogens (tertiary/aromatic N) is 5. The minimum Gasteiger partial charge on any atom is -0.497 e. The fourth-order valence-electron chi connectivity index (χ4n) is 4.61. The summed E-state index contributed by atoms with van der Waals surface area (Å²) in [6.45, 7) is 8.97. The van der Waals surface area contributed by atoms with Gasteiger partial charge in [-0.15, -0.1) is 0 Å². The van der Waals surface area contributed by atoms with Crippen LogP contribution < -0.4 is 14.4 Å². The Hall–Kier alpha value is -4.07. The van der Waals surface area contributed by atoms with Gasteiger partial charge in [0, 0.05) is 43.2 Å². The van der Waals surface area contributed by atoms with Gasteiger partial charge in [-0.05, 0) is 42.5 Å². The number of methoxy groups -OCH3 is 2. The van der Waals surface area contributed by atoms with Crippen molar-refractivity contribution in [3.63, 3.8) is 0 Å². The number of carbonyl (C=O) groups excluding carboxylic acids is 1. The Morgan fingerprint density at radius 2 is 1.59 bits per heavy atom. The third kappa shape index (κ3) is 4.83. The van der Waals surface area contributed by atoms with Gasteiger partial charge in [0.15, 0.2) is 5.65 Å². The van der Waals surface area contributed by atoms with E-state index in [9.17, 15) is 4.79 Å². The highest BCUT2D eigenvalue weighted by atomic mass is 16.5. The second-order valence-electron chi connectivity index (χ2n) is 10.3. The van der Waals surface area contributed by atoms with Crippen LogP contribution in [-0.2, 0) is 5.41 Å². The van der Waals surface area contributed by atoms with Gasteiger partial charge in [0.25, 0.3) is 5.91 Å². The molecule has 0 aliphatic carbocycles. The Morgan fingerprint density at radius 3 is 2.24 bits per heavy atom. The molecule has 0 atom stereocenters. The molecule has 2 aromatic carbocycles. The van der Waals surface area contributed by atoms with Gasteiger partial charge in [-0.25, -0.2) is 9.50 Å². The van der Waals surface area contributed by atoms with Crippen molar-refractivity contribution < 1.29 is 14.3 Å². The van der Waals surface area contributed by atoms with Crippen molar-refractivity contribution in [2.24, 2.45) is 0 Å². The fourth-order valence-corrected chi connectivity index (χ4v) is 4.61. The molecule has 0 N–H and O–H groups in total. The van der Waals surface area contributed by atoms with Crippen LogP contribution in [0.5, 0.6) is 11.5 Å². The van der Waals surface area contributed by atoms with Crippen LogP contribution in [-0.4, -0.2) is 65.8 Å². The largest absolute Gasteiger partial charge is 0.497 e. The molecule has 1 saturated heterocycles. The molecule has 4 aromatic rings. The molecule has 5 rings (SSSR count). The first-order valence-corrected chi connectivity index (χ1v) is 12.5. The first-order chi connectivity index (χ1) is 17.8. The number of aromatic nitrogens is 3. The van der Waals surface area contributed by atoms with Crippen LogP contribution in [0.3, 0.4) is 0 Å². The van der Waals surface area contributed by atoms with Gasteiger partial charge in [0.1, 0.15) is 17.2 Å². The lowest BCUT2D eigenvalue weighted by Gasteiger charge is -2.36. The van der Waals surface area contributed by atoms with Crippen molar-refractivity contribution in [3.8, 4) is 22.8 Å². The molecular weight excluding hydrogens is 466 g/mol. The summed E-state index contributed by atoms with van der Waals surface area (Å²) < 4.78 is 12.5. The van der Waals surface area contributed by atoms with E-state index in [1.165, 1.54) is 0 Å². The van der Waals surface area contributed by atoms with Crippen molar-refractivity contribution in [1.29, 1.82) is 0 Å². The second-order valence-corrected chi connectivity index (χ2v) is 10.3. The monoisotopic (exact) mass is 499 g/mol. The molecule has 192 valence electrons. The van der Waals surface area contributed by atoms with Crippen molar-refractivity contribution >= 4 is 17.2 Å². The first kappa shape index (κ1) is 24.6. The quantitative estimate of drug-likeness (QED) is 0.397. The number of para-hydroxylation sites is 2. The van der Waals surface area contributed by atoms with E-state index >= 15 is 0 Å². The number of hydrogen-bond acceptors (Lipinski definition) is 6. The van der Waals surface area contributed by atoms with Gasteiger partial charge in [-0.2, -0.15) is 5.10 Å². The topological polar surface area (TPSA) is 72.2 Å². The Labute approximate surface area is 217 Å². The number of rotatable bonds is 5. The average Bonchev–Trinajstić information content (AvgIpc) is 3.37. The minimum absolute atomic E-state index is 0.0506. The van der Waals surface area contributed by atoms with Crippen LogP contribution >= 0.6 is 0 Å². The van der Waals surface area contributed by atoms with Crippen LogP contribution in [0.25, 0.3) is 16.9 Å². The van der Waals surface area contributed by atoms with Gasteiger partial charge in [0.05, 0.1) is 31.3 Å². The molecule has 1 aliphatic heterocycles. The van der Waals surface area contributed by atoms with Crippen molar-refractivity contribution in [2.75, 3.05) is 45.3 Å². The number of hydrogen-bond donors (Lipinski definition) is 0. The van der Waals surface area contributed by atoms with Gasteiger partial charge in [-0.3, -0.25) is 4.79 Å². The van der Waals surface area contributed by atoms with Crippen LogP contribution in [0.4, 0.5) is 5.69 Å². The SMILES string of the molecule is COc1ccc(-c2cc(C(=O)N3CCN(c4ccccc4OC)CC3)n3nc(C(C)(C)C)cc3n2)cc1. The molecule has 0 saturated carbocycles. The highest BCUT2D eigenvalue weighted by Gasteiger charge is 2.28. The molecule has 2 aromatic heterocycles. The van der Waals surface area contributed by atoms with E-state index in [0.29, 0.717) is 24.4 Å². The van der Waals surface area contributed by atoms with E-state index in [-0.39, 0.29) is 11.3 Å². The van der Waals surface area contributed by atoms with Crippen molar-refractivity contribution in [3.05, 3.63) is 72.1 Å². The minimum atomic E-state index is -0.172. The molecule has 37 heavy (non-hydrogen) atoms. The maximum atomic E-state index is 13.9. The number of amides is 1. The molecule has 0 bridgehead atoms. The third-order valence-electron chi connectivity index (χ3n) is 6.79. The summed E-state index contributed by atoms with van der Waals surface area (Å²) in [4.78, 5) is 22.9. The van der Waals surface area contributed by atoms with Crippen LogP contribution in [0.1, 0.15) is 37.0 Å². The average molecular weight is 500 g/mol. The smallest absolute Gasteiger partial charge is 0.272 e. The number of carbonyl (C=O) groups is 1. The lowest BCUT2D eigenvalue weighted by molar-refractivity contribution is 0.0737.